The molecule has 0 saturated carbocycles. The minimum absolute atomic E-state index is 0.00580. The summed E-state index contributed by atoms with van der Waals surface area (Å²) in [7, 11) is 2.11. The van der Waals surface area contributed by atoms with Gasteiger partial charge in [-0.05, 0) is 19.2 Å². The molecule has 1 aliphatic rings. The number of anilines is 1. The van der Waals surface area contributed by atoms with Gasteiger partial charge in [0.15, 0.2) is 5.13 Å². The van der Waals surface area contributed by atoms with E-state index in [4.69, 9.17) is 0 Å². The molecule has 7 heteroatoms. The molecule has 122 valence electrons. The number of nitrogens with zero attached hydrogens (tertiary/aromatic N) is 3. The number of hydrogen-bond donors (Lipinski definition) is 1. The average molecular weight is 395 g/mol. The van der Waals surface area contributed by atoms with E-state index in [9.17, 15) is 4.79 Å². The van der Waals surface area contributed by atoms with Crippen molar-refractivity contribution in [2.75, 3.05) is 45.1 Å². The number of hydrogen-bond acceptors (Lipinski definition) is 5. The Morgan fingerprint density at radius 1 is 1.26 bits per heavy atom. The van der Waals surface area contributed by atoms with Gasteiger partial charge in [0, 0.05) is 41.6 Å². The minimum Gasteiger partial charge on any atom is -0.304 e. The van der Waals surface area contributed by atoms with Crippen molar-refractivity contribution in [1.29, 1.82) is 0 Å². The molecule has 0 radical (unpaired) electrons. The summed E-state index contributed by atoms with van der Waals surface area (Å²) in [6.07, 6.45) is 0. The third-order valence-corrected chi connectivity index (χ3v) is 5.14. The summed E-state index contributed by atoms with van der Waals surface area (Å²) < 4.78 is 1.04. The Hall–Kier alpha value is -1.28. The molecule has 5 nitrogen and oxygen atoms in total. The second kappa shape index (κ2) is 7.53. The molecule has 0 spiro atoms. The van der Waals surface area contributed by atoms with Crippen molar-refractivity contribution in [3.63, 3.8) is 0 Å². The first-order valence-corrected chi connectivity index (χ1v) is 9.19. The van der Waals surface area contributed by atoms with E-state index in [1.54, 1.807) is 0 Å². The van der Waals surface area contributed by atoms with Gasteiger partial charge in [0.2, 0.25) is 5.91 Å². The minimum atomic E-state index is 0.00580. The molecular weight excluding hydrogens is 376 g/mol. The highest BCUT2D eigenvalue weighted by atomic mass is 79.9. The Morgan fingerprint density at radius 3 is 2.65 bits per heavy atom. The zero-order valence-corrected chi connectivity index (χ0v) is 15.4. The first-order chi connectivity index (χ1) is 11.1. The first-order valence-electron chi connectivity index (χ1n) is 7.52. The van der Waals surface area contributed by atoms with Gasteiger partial charge in [0.05, 0.1) is 12.2 Å². The zero-order chi connectivity index (χ0) is 16.2. The van der Waals surface area contributed by atoms with Crippen molar-refractivity contribution >= 4 is 38.3 Å². The number of carbonyl (C=O) groups is 1. The number of piperazine rings is 1. The maximum atomic E-state index is 12.1. The maximum Gasteiger partial charge on any atom is 0.240 e. The molecule has 2 heterocycles. The van der Waals surface area contributed by atoms with Crippen LogP contribution in [0.15, 0.2) is 34.1 Å². The quantitative estimate of drug-likeness (QED) is 0.865. The van der Waals surface area contributed by atoms with Gasteiger partial charge >= 0.3 is 0 Å². The molecule has 1 aliphatic heterocycles. The second-order valence-electron chi connectivity index (χ2n) is 5.67. The monoisotopic (exact) mass is 394 g/mol. The Labute approximate surface area is 148 Å². The summed E-state index contributed by atoms with van der Waals surface area (Å²) in [5.41, 5.74) is 1.93. The predicted octanol–water partition coefficient (Wildman–Crippen LogP) is 2.76. The third kappa shape index (κ3) is 4.60. The lowest BCUT2D eigenvalue weighted by Crippen LogP contribution is -2.47. The van der Waals surface area contributed by atoms with Crippen LogP contribution in [-0.2, 0) is 4.79 Å². The average Bonchev–Trinajstić information content (AvgIpc) is 2.98. The van der Waals surface area contributed by atoms with Gasteiger partial charge in [0.1, 0.15) is 0 Å². The predicted molar refractivity (Wildman–Crippen MR) is 97.8 cm³/mol. The lowest BCUT2D eigenvalue weighted by Gasteiger charge is -2.31. The van der Waals surface area contributed by atoms with Crippen LogP contribution in [0.4, 0.5) is 5.13 Å². The first kappa shape index (κ1) is 16.6. The summed E-state index contributed by atoms with van der Waals surface area (Å²) >= 11 is 4.88. The normalized spacial score (nSPS) is 16.4. The highest BCUT2D eigenvalue weighted by molar-refractivity contribution is 9.10. The molecule has 1 aromatic heterocycles. The van der Waals surface area contributed by atoms with E-state index in [0.717, 1.165) is 41.9 Å². The van der Waals surface area contributed by atoms with Crippen LogP contribution in [0.2, 0.25) is 0 Å². The molecule has 23 heavy (non-hydrogen) atoms. The molecule has 1 aromatic carbocycles. The molecule has 1 saturated heterocycles. The van der Waals surface area contributed by atoms with E-state index in [1.165, 1.54) is 11.3 Å². The van der Waals surface area contributed by atoms with Crippen LogP contribution in [0.3, 0.4) is 0 Å². The number of nitrogens with one attached hydrogen (secondary N) is 1. The number of benzene rings is 1. The van der Waals surface area contributed by atoms with Crippen LogP contribution in [0.5, 0.6) is 0 Å². The molecule has 0 aliphatic carbocycles. The summed E-state index contributed by atoms with van der Waals surface area (Å²) in [5.74, 6) is 0.00580. The van der Waals surface area contributed by atoms with Crippen molar-refractivity contribution < 1.29 is 4.79 Å². The summed E-state index contributed by atoms with van der Waals surface area (Å²) in [5, 5.41) is 5.53. The van der Waals surface area contributed by atoms with Gasteiger partial charge in [-0.2, -0.15) is 0 Å². The number of thiazole rings is 1. The summed E-state index contributed by atoms with van der Waals surface area (Å²) in [4.78, 5) is 21.1. The Kier molecular flexibility index (Phi) is 5.42. The standard InChI is InChI=1S/C16H19BrN4OS/c1-20-6-8-21(9-7-20)10-15(22)19-16-18-14(11-23-16)12-2-4-13(17)5-3-12/h2-5,11H,6-10H2,1H3,(H,18,19,22). The van der Waals surface area contributed by atoms with E-state index < -0.39 is 0 Å². The molecule has 1 amide bonds. The van der Waals surface area contributed by atoms with Crippen molar-refractivity contribution in [2.24, 2.45) is 0 Å². The number of likely N-dealkylation sites (N-methyl/N-ethyl adjacent to an activating group) is 1. The molecule has 3 rings (SSSR count). The largest absolute Gasteiger partial charge is 0.304 e. The van der Waals surface area contributed by atoms with Crippen LogP contribution >= 0.6 is 27.3 Å². The molecule has 1 fully saturated rings. The van der Waals surface area contributed by atoms with Gasteiger partial charge in [-0.15, -0.1) is 11.3 Å². The Bertz CT molecular complexity index is 665. The Balaban J connectivity index is 1.56. The number of carbonyl (C=O) groups excluding carboxylic acids is 1. The highest BCUT2D eigenvalue weighted by Gasteiger charge is 2.17. The van der Waals surface area contributed by atoms with E-state index >= 15 is 0 Å². The van der Waals surface area contributed by atoms with Crippen LogP contribution in [-0.4, -0.2) is 60.5 Å². The third-order valence-electron chi connectivity index (χ3n) is 3.85. The molecule has 0 atom stereocenters. The maximum absolute atomic E-state index is 12.1. The fourth-order valence-electron chi connectivity index (χ4n) is 2.45. The van der Waals surface area contributed by atoms with Crippen LogP contribution < -0.4 is 5.32 Å². The highest BCUT2D eigenvalue weighted by Crippen LogP contribution is 2.26. The number of aromatic nitrogens is 1. The van der Waals surface area contributed by atoms with Gasteiger partial charge < -0.3 is 10.2 Å². The second-order valence-corrected chi connectivity index (χ2v) is 7.45. The Morgan fingerprint density at radius 2 is 1.96 bits per heavy atom. The molecule has 1 N–H and O–H groups in total. The lowest BCUT2D eigenvalue weighted by atomic mass is 10.2. The van der Waals surface area contributed by atoms with E-state index in [1.807, 2.05) is 29.6 Å². The van der Waals surface area contributed by atoms with E-state index in [0.29, 0.717) is 11.7 Å². The van der Waals surface area contributed by atoms with Gasteiger partial charge in [0.25, 0.3) is 0 Å². The van der Waals surface area contributed by atoms with Gasteiger partial charge in [-0.25, -0.2) is 4.98 Å². The fourth-order valence-corrected chi connectivity index (χ4v) is 3.45. The summed E-state index contributed by atoms with van der Waals surface area (Å²) in [6, 6.07) is 7.99. The SMILES string of the molecule is CN1CCN(CC(=O)Nc2nc(-c3ccc(Br)cc3)cs2)CC1. The van der Waals surface area contributed by atoms with E-state index in [-0.39, 0.29) is 5.91 Å². The van der Waals surface area contributed by atoms with Crippen molar-refractivity contribution in [3.05, 3.63) is 34.1 Å². The smallest absolute Gasteiger partial charge is 0.240 e. The van der Waals surface area contributed by atoms with Crippen LogP contribution in [0.1, 0.15) is 0 Å². The van der Waals surface area contributed by atoms with E-state index in [2.05, 4.69) is 43.1 Å². The van der Waals surface area contributed by atoms with Crippen molar-refractivity contribution in [3.8, 4) is 11.3 Å². The topological polar surface area (TPSA) is 48.5 Å². The number of amides is 1. The van der Waals surface area contributed by atoms with Gasteiger partial charge in [-0.1, -0.05) is 28.1 Å². The van der Waals surface area contributed by atoms with Crippen molar-refractivity contribution in [2.45, 2.75) is 0 Å². The van der Waals surface area contributed by atoms with Crippen LogP contribution in [0, 0.1) is 0 Å². The number of halogens is 1. The summed E-state index contributed by atoms with van der Waals surface area (Å²) in [6.45, 7) is 4.33. The molecular formula is C16H19BrN4OS. The zero-order valence-electron chi connectivity index (χ0n) is 13.0. The van der Waals surface area contributed by atoms with Gasteiger partial charge in [-0.3, -0.25) is 9.69 Å². The van der Waals surface area contributed by atoms with Crippen LogP contribution in [0.25, 0.3) is 11.3 Å². The molecule has 0 bridgehead atoms. The fraction of sp³-hybridized carbons (Fsp3) is 0.375. The molecule has 0 unspecified atom stereocenters. The molecule has 2 aromatic rings. The number of rotatable bonds is 4. The van der Waals surface area contributed by atoms with Crippen molar-refractivity contribution in [1.82, 2.24) is 14.8 Å². The lowest BCUT2D eigenvalue weighted by molar-refractivity contribution is -0.117.